The SMILES string of the molecule is C=CCn1c(CC(=O)Nc2cccc(C(F)(F)F)c2)nnc1SCC(=O)Nc1cccc(Cl)c1. The van der Waals surface area contributed by atoms with E-state index in [0.29, 0.717) is 15.9 Å². The smallest absolute Gasteiger partial charge is 0.326 e. The first-order valence-corrected chi connectivity index (χ1v) is 11.2. The number of anilines is 2. The van der Waals surface area contributed by atoms with Crippen LogP contribution in [0.1, 0.15) is 11.4 Å². The maximum absolute atomic E-state index is 12.9. The number of aromatic nitrogens is 3. The van der Waals surface area contributed by atoms with Gasteiger partial charge in [0.25, 0.3) is 0 Å². The third-order valence-electron chi connectivity index (χ3n) is 4.34. The summed E-state index contributed by atoms with van der Waals surface area (Å²) in [6, 6.07) is 11.1. The van der Waals surface area contributed by atoms with Crippen LogP contribution in [0, 0.1) is 0 Å². The van der Waals surface area contributed by atoms with Gasteiger partial charge in [-0.25, -0.2) is 0 Å². The molecule has 0 saturated carbocycles. The third kappa shape index (κ3) is 7.09. The lowest BCUT2D eigenvalue weighted by Crippen LogP contribution is -2.18. The van der Waals surface area contributed by atoms with Crippen molar-refractivity contribution in [2.45, 2.75) is 24.3 Å². The Balaban J connectivity index is 1.63. The lowest BCUT2D eigenvalue weighted by Gasteiger charge is -2.10. The molecule has 0 aliphatic rings. The Morgan fingerprint density at radius 3 is 2.41 bits per heavy atom. The third-order valence-corrected chi connectivity index (χ3v) is 5.54. The van der Waals surface area contributed by atoms with Crippen molar-refractivity contribution in [2.24, 2.45) is 0 Å². The summed E-state index contributed by atoms with van der Waals surface area (Å²) in [5.74, 6) is -0.545. The molecule has 12 heteroatoms. The fourth-order valence-electron chi connectivity index (χ4n) is 2.88. The van der Waals surface area contributed by atoms with E-state index < -0.39 is 17.6 Å². The van der Waals surface area contributed by atoms with E-state index >= 15 is 0 Å². The largest absolute Gasteiger partial charge is 0.416 e. The second-order valence-corrected chi connectivity index (χ2v) is 8.33. The zero-order valence-corrected chi connectivity index (χ0v) is 19.2. The first-order chi connectivity index (χ1) is 16.2. The number of allylic oxidation sites excluding steroid dienone is 1. The molecule has 0 unspecified atom stereocenters. The second kappa shape index (κ2) is 11.2. The van der Waals surface area contributed by atoms with Gasteiger partial charge in [0.15, 0.2) is 5.16 Å². The number of nitrogens with one attached hydrogen (secondary N) is 2. The number of hydrogen-bond donors (Lipinski definition) is 2. The van der Waals surface area contributed by atoms with Gasteiger partial charge in [0.2, 0.25) is 11.8 Å². The van der Waals surface area contributed by atoms with Crippen molar-refractivity contribution in [2.75, 3.05) is 16.4 Å². The molecule has 3 rings (SSSR count). The molecule has 0 fully saturated rings. The zero-order chi connectivity index (χ0) is 24.7. The van der Waals surface area contributed by atoms with Crippen molar-refractivity contribution in [3.05, 3.63) is 77.6 Å². The molecule has 0 atom stereocenters. The van der Waals surface area contributed by atoms with Crippen LogP contribution >= 0.6 is 23.4 Å². The first kappa shape index (κ1) is 25.3. The molecule has 2 N–H and O–H groups in total. The summed E-state index contributed by atoms with van der Waals surface area (Å²) in [5, 5.41) is 14.1. The molecule has 1 aromatic heterocycles. The fourth-order valence-corrected chi connectivity index (χ4v) is 3.84. The van der Waals surface area contributed by atoms with Crippen molar-refractivity contribution in [3.8, 4) is 0 Å². The lowest BCUT2D eigenvalue weighted by atomic mass is 10.2. The monoisotopic (exact) mass is 509 g/mol. The highest BCUT2D eigenvalue weighted by Crippen LogP contribution is 2.30. The summed E-state index contributed by atoms with van der Waals surface area (Å²) in [7, 11) is 0. The van der Waals surface area contributed by atoms with Gasteiger partial charge in [0.05, 0.1) is 17.7 Å². The number of hydrogen-bond acceptors (Lipinski definition) is 5. The summed E-state index contributed by atoms with van der Waals surface area (Å²) >= 11 is 7.02. The quantitative estimate of drug-likeness (QED) is 0.311. The number of halogens is 4. The van der Waals surface area contributed by atoms with Gasteiger partial charge in [-0.15, -0.1) is 16.8 Å². The van der Waals surface area contributed by atoms with Gasteiger partial charge in [-0.1, -0.05) is 41.6 Å². The van der Waals surface area contributed by atoms with Gasteiger partial charge in [0.1, 0.15) is 5.82 Å². The van der Waals surface area contributed by atoms with Gasteiger partial charge < -0.3 is 15.2 Å². The molecule has 0 aliphatic heterocycles. The molecule has 2 aromatic carbocycles. The highest BCUT2D eigenvalue weighted by molar-refractivity contribution is 7.99. The number of thioether (sulfide) groups is 1. The van der Waals surface area contributed by atoms with E-state index in [1.165, 1.54) is 12.1 Å². The average Bonchev–Trinajstić information content (AvgIpc) is 3.13. The standard InChI is InChI=1S/C22H19ClF3N5O2S/c1-2-9-31-18(12-19(32)27-16-7-3-5-14(10-16)22(24,25)26)29-30-21(31)34-13-20(33)28-17-8-4-6-15(23)11-17/h2-8,10-11H,1,9,12-13H2,(H,27,32)(H,28,33). The molecule has 0 saturated heterocycles. The van der Waals surface area contributed by atoms with E-state index in [-0.39, 0.29) is 36.1 Å². The Morgan fingerprint density at radius 2 is 1.74 bits per heavy atom. The van der Waals surface area contributed by atoms with Crippen LogP contribution in [0.15, 0.2) is 66.3 Å². The average molecular weight is 510 g/mol. The van der Waals surface area contributed by atoms with Crippen molar-refractivity contribution in [3.63, 3.8) is 0 Å². The highest BCUT2D eigenvalue weighted by Gasteiger charge is 2.30. The number of benzene rings is 2. The van der Waals surface area contributed by atoms with Gasteiger partial charge in [-0.2, -0.15) is 13.2 Å². The normalized spacial score (nSPS) is 11.2. The molecule has 178 valence electrons. The van der Waals surface area contributed by atoms with Gasteiger partial charge >= 0.3 is 6.18 Å². The molecular formula is C22H19ClF3N5O2S. The molecule has 0 bridgehead atoms. The van der Waals surface area contributed by atoms with E-state index in [2.05, 4.69) is 27.4 Å². The number of amides is 2. The molecule has 7 nitrogen and oxygen atoms in total. The van der Waals surface area contributed by atoms with Crippen LogP contribution in [-0.2, 0) is 28.7 Å². The maximum Gasteiger partial charge on any atom is 0.416 e. The first-order valence-electron chi connectivity index (χ1n) is 9.84. The minimum absolute atomic E-state index is 0.0156. The van der Waals surface area contributed by atoms with Crippen molar-refractivity contribution < 1.29 is 22.8 Å². The van der Waals surface area contributed by atoms with Crippen LogP contribution in [0.4, 0.5) is 24.5 Å². The predicted molar refractivity (Wildman–Crippen MR) is 125 cm³/mol. The molecule has 0 radical (unpaired) electrons. The molecule has 0 aliphatic carbocycles. The lowest BCUT2D eigenvalue weighted by molar-refractivity contribution is -0.137. The topological polar surface area (TPSA) is 88.9 Å². The van der Waals surface area contributed by atoms with E-state index in [4.69, 9.17) is 11.6 Å². The number of nitrogens with zero attached hydrogens (tertiary/aromatic N) is 3. The summed E-state index contributed by atoms with van der Waals surface area (Å²) in [5.41, 5.74) is -0.297. The molecular weight excluding hydrogens is 491 g/mol. The fraction of sp³-hybridized carbons (Fsp3) is 0.182. The number of rotatable bonds is 9. The van der Waals surface area contributed by atoms with Crippen molar-refractivity contribution >= 4 is 46.6 Å². The maximum atomic E-state index is 12.9. The minimum Gasteiger partial charge on any atom is -0.326 e. The minimum atomic E-state index is -4.52. The van der Waals surface area contributed by atoms with Crippen LogP contribution in [0.2, 0.25) is 5.02 Å². The predicted octanol–water partition coefficient (Wildman–Crippen LogP) is 5.05. The molecule has 3 aromatic rings. The Labute approximate surface area is 202 Å². The number of carbonyl (C=O) groups is 2. The van der Waals surface area contributed by atoms with Gasteiger partial charge in [-0.3, -0.25) is 9.59 Å². The van der Waals surface area contributed by atoms with Crippen LogP contribution in [0.5, 0.6) is 0 Å². The highest BCUT2D eigenvalue weighted by atomic mass is 35.5. The van der Waals surface area contributed by atoms with E-state index in [1.54, 1.807) is 34.9 Å². The molecule has 34 heavy (non-hydrogen) atoms. The van der Waals surface area contributed by atoms with E-state index in [1.807, 2.05) is 0 Å². The zero-order valence-electron chi connectivity index (χ0n) is 17.6. The van der Waals surface area contributed by atoms with E-state index in [9.17, 15) is 22.8 Å². The summed E-state index contributed by atoms with van der Waals surface area (Å²) in [6.07, 6.45) is -3.17. The van der Waals surface area contributed by atoms with Crippen LogP contribution in [0.3, 0.4) is 0 Å². The van der Waals surface area contributed by atoms with Gasteiger partial charge in [0, 0.05) is 22.9 Å². The van der Waals surface area contributed by atoms with E-state index in [0.717, 1.165) is 23.9 Å². The Morgan fingerprint density at radius 1 is 1.06 bits per heavy atom. The van der Waals surface area contributed by atoms with Crippen molar-refractivity contribution in [1.29, 1.82) is 0 Å². The second-order valence-electron chi connectivity index (χ2n) is 6.95. The Kier molecular flexibility index (Phi) is 8.35. The molecule has 2 amide bonds. The van der Waals surface area contributed by atoms with Crippen LogP contribution in [-0.4, -0.2) is 32.3 Å². The summed E-state index contributed by atoms with van der Waals surface area (Å²) in [4.78, 5) is 24.7. The summed E-state index contributed by atoms with van der Waals surface area (Å²) < 4.78 is 40.3. The number of carbonyl (C=O) groups excluding carboxylic acids is 2. The van der Waals surface area contributed by atoms with Crippen LogP contribution < -0.4 is 10.6 Å². The van der Waals surface area contributed by atoms with Crippen molar-refractivity contribution in [1.82, 2.24) is 14.8 Å². The number of alkyl halides is 3. The molecule has 0 spiro atoms. The van der Waals surface area contributed by atoms with Crippen LogP contribution in [0.25, 0.3) is 0 Å². The molecule has 1 heterocycles. The summed E-state index contributed by atoms with van der Waals surface area (Å²) in [6.45, 7) is 3.95. The Bertz CT molecular complexity index is 1200. The Hall–Kier alpha value is -3.31. The van der Waals surface area contributed by atoms with Gasteiger partial charge in [-0.05, 0) is 36.4 Å².